The topological polar surface area (TPSA) is 62.2 Å². The number of nitrogens with one attached hydrogen (secondary N) is 1. The van der Waals surface area contributed by atoms with E-state index in [4.69, 9.17) is 16.7 Å². The Bertz CT molecular complexity index is 647. The molecular formula is C13H10BrClN2O2. The van der Waals surface area contributed by atoms with Crippen molar-refractivity contribution in [3.8, 4) is 0 Å². The van der Waals surface area contributed by atoms with E-state index >= 15 is 0 Å². The van der Waals surface area contributed by atoms with Crippen molar-refractivity contribution in [1.29, 1.82) is 0 Å². The number of hydrogen-bond acceptors (Lipinski definition) is 3. The molecule has 98 valence electrons. The van der Waals surface area contributed by atoms with Crippen LogP contribution in [0.2, 0.25) is 5.15 Å². The number of aromatic nitrogens is 1. The minimum absolute atomic E-state index is 0.0947. The second-order valence-electron chi connectivity index (χ2n) is 3.95. The number of nitrogens with zero attached hydrogens (tertiary/aromatic N) is 1. The van der Waals surface area contributed by atoms with Crippen LogP contribution in [-0.4, -0.2) is 16.1 Å². The number of carbonyl (C=O) groups is 1. The highest BCUT2D eigenvalue weighted by molar-refractivity contribution is 9.10. The highest BCUT2D eigenvalue weighted by Crippen LogP contribution is 2.24. The predicted octanol–water partition coefficient (Wildman–Crippen LogP) is 4.25. The molecule has 0 saturated heterocycles. The summed E-state index contributed by atoms with van der Waals surface area (Å²) >= 11 is 9.19. The maximum Gasteiger partial charge on any atom is 0.335 e. The van der Waals surface area contributed by atoms with E-state index in [9.17, 15) is 4.79 Å². The van der Waals surface area contributed by atoms with E-state index in [2.05, 4.69) is 26.2 Å². The number of rotatable bonds is 3. The molecule has 2 N–H and O–H groups in total. The monoisotopic (exact) mass is 340 g/mol. The zero-order valence-electron chi connectivity index (χ0n) is 9.95. The molecule has 0 radical (unpaired) electrons. The Hall–Kier alpha value is -1.59. The minimum Gasteiger partial charge on any atom is -0.478 e. The lowest BCUT2D eigenvalue weighted by atomic mass is 10.2. The molecule has 0 atom stereocenters. The third-order valence-electron chi connectivity index (χ3n) is 2.49. The van der Waals surface area contributed by atoms with Crippen LogP contribution in [0.3, 0.4) is 0 Å². The van der Waals surface area contributed by atoms with Gasteiger partial charge >= 0.3 is 5.97 Å². The van der Waals surface area contributed by atoms with Gasteiger partial charge in [-0.2, -0.15) is 0 Å². The first-order valence-electron chi connectivity index (χ1n) is 5.40. The van der Waals surface area contributed by atoms with Gasteiger partial charge in [-0.3, -0.25) is 0 Å². The van der Waals surface area contributed by atoms with Gasteiger partial charge in [-0.25, -0.2) is 9.78 Å². The average Bonchev–Trinajstić information content (AvgIpc) is 2.32. The van der Waals surface area contributed by atoms with Crippen molar-refractivity contribution in [2.75, 3.05) is 5.32 Å². The lowest BCUT2D eigenvalue weighted by Crippen LogP contribution is -2.01. The third-order valence-corrected chi connectivity index (χ3v) is 3.18. The molecule has 19 heavy (non-hydrogen) atoms. The molecule has 1 aromatic heterocycles. The number of carboxylic acids is 1. The van der Waals surface area contributed by atoms with E-state index in [1.165, 1.54) is 12.1 Å². The molecule has 0 bridgehead atoms. The number of aryl methyl sites for hydroxylation is 1. The summed E-state index contributed by atoms with van der Waals surface area (Å²) in [6.07, 6.45) is 0. The van der Waals surface area contributed by atoms with Crippen LogP contribution in [-0.2, 0) is 0 Å². The van der Waals surface area contributed by atoms with Crippen LogP contribution >= 0.6 is 27.5 Å². The molecule has 0 fully saturated rings. The van der Waals surface area contributed by atoms with E-state index in [-0.39, 0.29) is 10.7 Å². The molecule has 0 aliphatic rings. The van der Waals surface area contributed by atoms with Gasteiger partial charge in [0.15, 0.2) is 0 Å². The maximum absolute atomic E-state index is 10.9. The van der Waals surface area contributed by atoms with Gasteiger partial charge in [0.2, 0.25) is 0 Å². The highest BCUT2D eigenvalue weighted by Gasteiger charge is 2.08. The van der Waals surface area contributed by atoms with Crippen molar-refractivity contribution in [2.45, 2.75) is 6.92 Å². The van der Waals surface area contributed by atoms with Gasteiger partial charge in [0.05, 0.1) is 5.56 Å². The molecular weight excluding hydrogens is 332 g/mol. The number of hydrogen-bond donors (Lipinski definition) is 2. The quantitative estimate of drug-likeness (QED) is 0.819. The number of benzene rings is 1. The second kappa shape index (κ2) is 5.59. The Morgan fingerprint density at radius 1 is 1.37 bits per heavy atom. The van der Waals surface area contributed by atoms with E-state index in [0.29, 0.717) is 5.82 Å². The van der Waals surface area contributed by atoms with Crippen LogP contribution in [0.1, 0.15) is 15.9 Å². The summed E-state index contributed by atoms with van der Waals surface area (Å²) in [6.45, 7) is 1.94. The van der Waals surface area contributed by atoms with Gasteiger partial charge in [0.1, 0.15) is 11.0 Å². The smallest absolute Gasteiger partial charge is 0.335 e. The van der Waals surface area contributed by atoms with Crippen LogP contribution < -0.4 is 5.32 Å². The Morgan fingerprint density at radius 3 is 2.74 bits per heavy atom. The summed E-state index contributed by atoms with van der Waals surface area (Å²) in [5.41, 5.74) is 1.94. The number of aromatic carboxylic acids is 1. The minimum atomic E-state index is -1.04. The number of pyridine rings is 1. The van der Waals surface area contributed by atoms with E-state index < -0.39 is 5.97 Å². The summed E-state index contributed by atoms with van der Waals surface area (Å²) in [6, 6.07) is 8.46. The van der Waals surface area contributed by atoms with Crippen LogP contribution in [0.15, 0.2) is 34.8 Å². The van der Waals surface area contributed by atoms with E-state index in [1.54, 1.807) is 0 Å². The Morgan fingerprint density at radius 2 is 2.11 bits per heavy atom. The lowest BCUT2D eigenvalue weighted by Gasteiger charge is -2.10. The molecule has 0 aliphatic carbocycles. The number of anilines is 2. The summed E-state index contributed by atoms with van der Waals surface area (Å²) in [4.78, 5) is 15.0. The lowest BCUT2D eigenvalue weighted by molar-refractivity contribution is 0.0697. The fraction of sp³-hybridized carbons (Fsp3) is 0.0769. The summed E-state index contributed by atoms with van der Waals surface area (Å²) < 4.78 is 0.973. The molecule has 0 saturated carbocycles. The molecule has 2 aromatic rings. The first kappa shape index (κ1) is 13.8. The summed E-state index contributed by atoms with van der Waals surface area (Å²) in [5.74, 6) is -0.643. The van der Waals surface area contributed by atoms with Gasteiger partial charge in [0, 0.05) is 10.2 Å². The van der Waals surface area contributed by atoms with Crippen molar-refractivity contribution >= 4 is 45.0 Å². The molecule has 0 aliphatic heterocycles. The SMILES string of the molecule is Cc1cc(Br)ccc1Nc1cc(C(=O)O)cc(Cl)n1. The fourth-order valence-corrected chi connectivity index (χ4v) is 2.27. The zero-order valence-corrected chi connectivity index (χ0v) is 12.3. The normalized spacial score (nSPS) is 10.3. The molecule has 4 nitrogen and oxygen atoms in total. The maximum atomic E-state index is 10.9. The third kappa shape index (κ3) is 3.45. The average molecular weight is 342 g/mol. The Labute approximate surface area is 123 Å². The second-order valence-corrected chi connectivity index (χ2v) is 5.26. The van der Waals surface area contributed by atoms with Crippen molar-refractivity contribution in [1.82, 2.24) is 4.98 Å². The highest BCUT2D eigenvalue weighted by atomic mass is 79.9. The van der Waals surface area contributed by atoms with E-state index in [1.807, 2.05) is 25.1 Å². The Kier molecular flexibility index (Phi) is 4.07. The largest absolute Gasteiger partial charge is 0.478 e. The molecule has 0 unspecified atom stereocenters. The van der Waals surface area contributed by atoms with E-state index in [0.717, 1.165) is 15.7 Å². The van der Waals surface area contributed by atoms with Gasteiger partial charge < -0.3 is 10.4 Å². The van der Waals surface area contributed by atoms with Gasteiger partial charge in [-0.15, -0.1) is 0 Å². The van der Waals surface area contributed by atoms with Crippen molar-refractivity contribution in [3.63, 3.8) is 0 Å². The van der Waals surface area contributed by atoms with Crippen LogP contribution in [0, 0.1) is 6.92 Å². The van der Waals surface area contributed by atoms with Crippen molar-refractivity contribution in [3.05, 3.63) is 51.1 Å². The number of carboxylic acid groups (broad SMARTS) is 1. The first-order valence-corrected chi connectivity index (χ1v) is 6.57. The molecule has 0 spiro atoms. The van der Waals surface area contributed by atoms with Crippen LogP contribution in [0.5, 0.6) is 0 Å². The predicted molar refractivity (Wildman–Crippen MR) is 78.4 cm³/mol. The summed E-state index contributed by atoms with van der Waals surface area (Å²) in [7, 11) is 0. The molecule has 2 rings (SSSR count). The van der Waals surface area contributed by atoms with Gasteiger partial charge in [-0.05, 0) is 42.8 Å². The van der Waals surface area contributed by atoms with Gasteiger partial charge in [0.25, 0.3) is 0 Å². The first-order chi connectivity index (χ1) is 8.95. The molecule has 1 heterocycles. The number of halogens is 2. The molecule has 6 heteroatoms. The molecule has 0 amide bonds. The summed E-state index contributed by atoms with van der Waals surface area (Å²) in [5, 5.41) is 12.2. The van der Waals surface area contributed by atoms with Crippen molar-refractivity contribution in [2.24, 2.45) is 0 Å². The van der Waals surface area contributed by atoms with Gasteiger partial charge in [-0.1, -0.05) is 27.5 Å². The molecule has 1 aromatic carbocycles. The standard InChI is InChI=1S/C13H10BrClN2O2/c1-7-4-9(14)2-3-10(7)16-12-6-8(13(18)19)5-11(15)17-12/h2-6H,1H3,(H,16,17)(H,18,19). The fourth-order valence-electron chi connectivity index (χ4n) is 1.59. The Balaban J connectivity index is 2.35. The van der Waals surface area contributed by atoms with Crippen LogP contribution in [0.4, 0.5) is 11.5 Å². The van der Waals surface area contributed by atoms with Crippen molar-refractivity contribution < 1.29 is 9.90 Å². The van der Waals surface area contributed by atoms with Crippen LogP contribution in [0.25, 0.3) is 0 Å². The zero-order chi connectivity index (χ0) is 14.0.